The number of hydrogen-bond donors (Lipinski definition) is 2. The maximum Gasteiger partial charge on any atom is 0.371 e. The topological polar surface area (TPSA) is 145 Å². The predicted molar refractivity (Wildman–Crippen MR) is 130 cm³/mol. The average Bonchev–Trinajstić information content (AvgIpc) is 3.36. The minimum Gasteiger partial charge on any atom is -0.494 e. The van der Waals surface area contributed by atoms with E-state index < -0.39 is 23.8 Å². The zero-order valence-electron chi connectivity index (χ0n) is 19.8. The number of rotatable bonds is 9. The van der Waals surface area contributed by atoms with E-state index in [9.17, 15) is 19.2 Å². The first-order valence-electron chi connectivity index (χ1n) is 11.1. The molecule has 11 heteroatoms. The van der Waals surface area contributed by atoms with E-state index in [1.807, 2.05) is 6.92 Å². The Bertz CT molecular complexity index is 1390. The first-order chi connectivity index (χ1) is 17.8. The maximum absolute atomic E-state index is 13.1. The van der Waals surface area contributed by atoms with Crippen LogP contribution in [0.3, 0.4) is 0 Å². The second-order valence-electron chi connectivity index (χ2n) is 7.65. The van der Waals surface area contributed by atoms with Gasteiger partial charge < -0.3 is 23.7 Å². The van der Waals surface area contributed by atoms with Gasteiger partial charge in [0.1, 0.15) is 23.7 Å². The monoisotopic (exact) mass is 506 g/mol. The van der Waals surface area contributed by atoms with Crippen molar-refractivity contribution >= 4 is 35.6 Å². The fourth-order valence-electron chi connectivity index (χ4n) is 3.53. The van der Waals surface area contributed by atoms with Crippen LogP contribution in [0.5, 0.6) is 17.2 Å². The summed E-state index contributed by atoms with van der Waals surface area (Å²) in [5.41, 5.74) is 0.463. The summed E-state index contributed by atoms with van der Waals surface area (Å²) in [7, 11) is 1.42. The van der Waals surface area contributed by atoms with Crippen molar-refractivity contribution in [1.29, 1.82) is 0 Å². The van der Waals surface area contributed by atoms with E-state index in [0.717, 1.165) is 4.90 Å². The Morgan fingerprint density at radius 3 is 2.43 bits per heavy atom. The van der Waals surface area contributed by atoms with E-state index >= 15 is 0 Å². The van der Waals surface area contributed by atoms with Crippen LogP contribution in [0, 0.1) is 0 Å². The van der Waals surface area contributed by atoms with Crippen LogP contribution in [0.25, 0.3) is 6.08 Å². The molecule has 190 valence electrons. The molecule has 0 spiro atoms. The number of furan rings is 1. The number of nitrogens with zero attached hydrogens (tertiary/aromatic N) is 1. The Kier molecular flexibility index (Phi) is 7.23. The van der Waals surface area contributed by atoms with E-state index in [4.69, 9.17) is 23.7 Å². The number of methoxy groups -OCH3 is 1. The van der Waals surface area contributed by atoms with Crippen LogP contribution in [0.15, 0.2) is 64.6 Å². The average molecular weight is 506 g/mol. The summed E-state index contributed by atoms with van der Waals surface area (Å²) in [6.45, 7) is 2.25. The minimum atomic E-state index is -1.19. The SMILES string of the molecule is CCOc1ccc(N2C(=O)NC(=O)/C(=C\c3ccc(OCc4ccc(C(=O)O)o4)c(OC)c3)C2=O)cc1. The minimum absolute atomic E-state index is 0.0515. The number of urea groups is 1. The highest BCUT2D eigenvalue weighted by Gasteiger charge is 2.36. The highest BCUT2D eigenvalue weighted by atomic mass is 16.5. The first kappa shape index (κ1) is 25.0. The molecule has 0 bridgehead atoms. The molecule has 0 atom stereocenters. The summed E-state index contributed by atoms with van der Waals surface area (Å²) in [5, 5.41) is 11.1. The van der Waals surface area contributed by atoms with E-state index in [1.165, 1.54) is 25.3 Å². The Balaban J connectivity index is 1.55. The van der Waals surface area contributed by atoms with Gasteiger partial charge in [-0.15, -0.1) is 0 Å². The molecular weight excluding hydrogens is 484 g/mol. The number of carboxylic acid groups (broad SMARTS) is 1. The molecule has 11 nitrogen and oxygen atoms in total. The van der Waals surface area contributed by atoms with Gasteiger partial charge in [0.25, 0.3) is 11.8 Å². The molecule has 0 aliphatic carbocycles. The lowest BCUT2D eigenvalue weighted by Crippen LogP contribution is -2.54. The van der Waals surface area contributed by atoms with Gasteiger partial charge >= 0.3 is 12.0 Å². The standard InChI is InChI=1S/C26H22N2O9/c1-3-35-17-7-5-16(6-8-17)28-24(30)19(23(29)27-26(28)33)12-15-4-10-20(22(13-15)34-2)36-14-18-9-11-21(37-18)25(31)32/h4-13H,3,14H2,1-2H3,(H,31,32)(H,27,29,33)/b19-12+. The lowest BCUT2D eigenvalue weighted by Gasteiger charge is -2.26. The number of imide groups is 2. The van der Waals surface area contributed by atoms with Crippen LogP contribution in [0.4, 0.5) is 10.5 Å². The van der Waals surface area contributed by atoms with Gasteiger partial charge in [-0.25, -0.2) is 14.5 Å². The zero-order valence-corrected chi connectivity index (χ0v) is 19.8. The molecule has 0 radical (unpaired) electrons. The summed E-state index contributed by atoms with van der Waals surface area (Å²) in [5.74, 6) is -1.52. The summed E-state index contributed by atoms with van der Waals surface area (Å²) >= 11 is 0. The van der Waals surface area contributed by atoms with Gasteiger partial charge in [0.2, 0.25) is 5.76 Å². The Hall–Kier alpha value is -5.06. The number of carboxylic acids is 1. The van der Waals surface area contributed by atoms with E-state index in [2.05, 4.69) is 5.32 Å². The molecule has 2 N–H and O–H groups in total. The van der Waals surface area contributed by atoms with Crippen molar-refractivity contribution in [3.63, 3.8) is 0 Å². The molecule has 1 aliphatic rings. The Morgan fingerprint density at radius 2 is 1.78 bits per heavy atom. The number of carbonyl (C=O) groups excluding carboxylic acids is 3. The number of anilines is 1. The van der Waals surface area contributed by atoms with Crippen molar-refractivity contribution in [2.24, 2.45) is 0 Å². The highest BCUT2D eigenvalue weighted by Crippen LogP contribution is 2.31. The Morgan fingerprint density at radius 1 is 1.03 bits per heavy atom. The number of aromatic carboxylic acids is 1. The van der Waals surface area contributed by atoms with Crippen LogP contribution in [-0.2, 0) is 16.2 Å². The number of hydrogen-bond acceptors (Lipinski definition) is 8. The van der Waals surface area contributed by atoms with Crippen molar-refractivity contribution in [3.8, 4) is 17.2 Å². The Labute approximate surface area is 210 Å². The lowest BCUT2D eigenvalue weighted by atomic mass is 10.1. The van der Waals surface area contributed by atoms with Gasteiger partial charge in [0.05, 0.1) is 19.4 Å². The highest BCUT2D eigenvalue weighted by molar-refractivity contribution is 6.39. The van der Waals surface area contributed by atoms with Crippen LogP contribution in [-0.4, -0.2) is 42.6 Å². The van der Waals surface area contributed by atoms with Crippen LogP contribution >= 0.6 is 0 Å². The third-order valence-electron chi connectivity index (χ3n) is 5.25. The van der Waals surface area contributed by atoms with Crippen molar-refractivity contribution in [2.75, 3.05) is 18.6 Å². The van der Waals surface area contributed by atoms with Crippen molar-refractivity contribution in [2.45, 2.75) is 13.5 Å². The number of ether oxygens (including phenoxy) is 3. The molecule has 37 heavy (non-hydrogen) atoms. The second kappa shape index (κ2) is 10.7. The van der Waals surface area contributed by atoms with E-state index in [1.54, 1.807) is 42.5 Å². The molecule has 1 aromatic heterocycles. The fourth-order valence-corrected chi connectivity index (χ4v) is 3.53. The molecular formula is C26H22N2O9. The molecule has 4 rings (SSSR count). The van der Waals surface area contributed by atoms with Crippen LogP contribution < -0.4 is 24.4 Å². The molecule has 1 saturated heterocycles. The number of benzene rings is 2. The summed E-state index contributed by atoms with van der Waals surface area (Å²) in [4.78, 5) is 49.9. The molecule has 0 saturated carbocycles. The molecule has 3 aromatic rings. The number of amides is 4. The molecule has 1 aliphatic heterocycles. The normalized spacial score (nSPS) is 14.5. The third-order valence-corrected chi connectivity index (χ3v) is 5.25. The number of barbiturate groups is 1. The van der Waals surface area contributed by atoms with Crippen LogP contribution in [0.1, 0.15) is 28.8 Å². The van der Waals surface area contributed by atoms with Gasteiger partial charge in [-0.1, -0.05) is 6.07 Å². The fraction of sp³-hybridized carbons (Fsp3) is 0.154. The van der Waals surface area contributed by atoms with Gasteiger partial charge in [-0.2, -0.15) is 0 Å². The largest absolute Gasteiger partial charge is 0.494 e. The van der Waals surface area contributed by atoms with Crippen molar-refractivity contribution in [1.82, 2.24) is 5.32 Å². The quantitative estimate of drug-likeness (QED) is 0.328. The molecule has 2 aromatic carbocycles. The predicted octanol–water partition coefficient (Wildman–Crippen LogP) is 3.63. The van der Waals surface area contributed by atoms with E-state index in [0.29, 0.717) is 35.2 Å². The molecule has 1 fully saturated rings. The number of nitrogens with one attached hydrogen (secondary N) is 1. The summed E-state index contributed by atoms with van der Waals surface area (Å²) in [6, 6.07) is 13.0. The molecule has 4 amide bonds. The smallest absolute Gasteiger partial charge is 0.371 e. The van der Waals surface area contributed by atoms with Crippen molar-refractivity contribution < 1.29 is 42.9 Å². The van der Waals surface area contributed by atoms with E-state index in [-0.39, 0.29) is 23.6 Å². The summed E-state index contributed by atoms with van der Waals surface area (Å²) < 4.78 is 21.6. The lowest BCUT2D eigenvalue weighted by molar-refractivity contribution is -0.122. The van der Waals surface area contributed by atoms with Gasteiger partial charge in [0, 0.05) is 0 Å². The van der Waals surface area contributed by atoms with Gasteiger partial charge in [-0.05, 0) is 67.1 Å². The maximum atomic E-state index is 13.1. The van der Waals surface area contributed by atoms with Crippen LogP contribution in [0.2, 0.25) is 0 Å². The summed E-state index contributed by atoms with van der Waals surface area (Å²) in [6.07, 6.45) is 1.34. The number of carbonyl (C=O) groups is 4. The third kappa shape index (κ3) is 5.45. The molecule has 2 heterocycles. The second-order valence-corrected chi connectivity index (χ2v) is 7.65. The van der Waals surface area contributed by atoms with Crippen molar-refractivity contribution in [3.05, 3.63) is 77.3 Å². The van der Waals surface area contributed by atoms with Gasteiger partial charge in [0.15, 0.2) is 11.5 Å². The van der Waals surface area contributed by atoms with Gasteiger partial charge in [-0.3, -0.25) is 14.9 Å². The first-order valence-corrected chi connectivity index (χ1v) is 11.1. The zero-order chi connectivity index (χ0) is 26.5. The molecule has 0 unspecified atom stereocenters.